The van der Waals surface area contributed by atoms with E-state index in [1.165, 1.54) is 0 Å². The van der Waals surface area contributed by atoms with Gasteiger partial charge in [0, 0.05) is 18.1 Å². The van der Waals surface area contributed by atoms with Crippen LogP contribution in [0.2, 0.25) is 0 Å². The maximum absolute atomic E-state index is 5.40. The maximum atomic E-state index is 5.40. The number of thiazole rings is 1. The molecule has 0 radical (unpaired) electrons. The predicted octanol–water partition coefficient (Wildman–Crippen LogP) is 2.71. The van der Waals surface area contributed by atoms with Crippen molar-refractivity contribution in [2.75, 3.05) is 0 Å². The van der Waals surface area contributed by atoms with E-state index in [-0.39, 0.29) is 6.04 Å². The molecule has 2 heterocycles. The summed E-state index contributed by atoms with van der Waals surface area (Å²) in [7, 11) is 0. The summed E-state index contributed by atoms with van der Waals surface area (Å²) in [6, 6.07) is 5.95. The van der Waals surface area contributed by atoms with Gasteiger partial charge in [-0.3, -0.25) is 10.3 Å². The molecule has 1 N–H and O–H groups in total. The van der Waals surface area contributed by atoms with Gasteiger partial charge in [-0.2, -0.15) is 0 Å². The van der Waals surface area contributed by atoms with Crippen molar-refractivity contribution in [3.63, 3.8) is 0 Å². The topological polar surface area (TPSA) is 37.8 Å². The van der Waals surface area contributed by atoms with Gasteiger partial charge in [0.15, 0.2) is 0 Å². The van der Waals surface area contributed by atoms with Crippen molar-refractivity contribution in [3.8, 4) is 23.0 Å². The fraction of sp³-hybridized carbons (Fsp3) is 0.286. The Morgan fingerprint density at radius 3 is 3.06 bits per heavy atom. The van der Waals surface area contributed by atoms with Gasteiger partial charge in [0.25, 0.3) is 0 Å². The summed E-state index contributed by atoms with van der Waals surface area (Å²) in [6.45, 7) is 2.77. The number of rotatable bonds is 5. The van der Waals surface area contributed by atoms with Gasteiger partial charge < -0.3 is 0 Å². The molecule has 2 aromatic rings. The monoisotopic (exact) mass is 257 g/mol. The van der Waals surface area contributed by atoms with Gasteiger partial charge in [0.05, 0.1) is 17.4 Å². The third kappa shape index (κ3) is 3.16. The lowest BCUT2D eigenvalue weighted by Gasteiger charge is -2.08. The molecule has 0 spiro atoms. The first kappa shape index (κ1) is 12.7. The lowest BCUT2D eigenvalue weighted by Crippen LogP contribution is -2.26. The molecule has 2 rings (SSSR count). The van der Waals surface area contributed by atoms with Crippen molar-refractivity contribution in [3.05, 3.63) is 35.5 Å². The lowest BCUT2D eigenvalue weighted by atomic mass is 10.2. The second-order valence-electron chi connectivity index (χ2n) is 3.87. The highest BCUT2D eigenvalue weighted by Gasteiger charge is 2.06. The van der Waals surface area contributed by atoms with Crippen LogP contribution in [0.15, 0.2) is 29.8 Å². The summed E-state index contributed by atoms with van der Waals surface area (Å²) in [4.78, 5) is 8.83. The number of hydrogen-bond donors (Lipinski definition) is 1. The first-order chi connectivity index (χ1) is 8.83. The first-order valence-electron chi connectivity index (χ1n) is 5.88. The highest BCUT2D eigenvalue weighted by Crippen LogP contribution is 2.21. The van der Waals surface area contributed by atoms with Gasteiger partial charge in [0.2, 0.25) is 0 Å². The lowest BCUT2D eigenvalue weighted by molar-refractivity contribution is 0.587. The van der Waals surface area contributed by atoms with Gasteiger partial charge in [-0.1, -0.05) is 18.9 Å². The third-order valence-corrected chi connectivity index (χ3v) is 3.49. The number of aromatic nitrogens is 2. The quantitative estimate of drug-likeness (QED) is 0.837. The van der Waals surface area contributed by atoms with Crippen molar-refractivity contribution in [1.29, 1.82) is 0 Å². The first-order valence-corrected chi connectivity index (χ1v) is 6.76. The maximum Gasteiger partial charge on any atom is 0.142 e. The van der Waals surface area contributed by atoms with Crippen LogP contribution >= 0.6 is 11.3 Å². The van der Waals surface area contributed by atoms with Crippen LogP contribution in [0.5, 0.6) is 0 Å². The smallest absolute Gasteiger partial charge is 0.142 e. The molecule has 18 heavy (non-hydrogen) atoms. The zero-order chi connectivity index (χ0) is 12.8. The van der Waals surface area contributed by atoms with E-state index in [9.17, 15) is 0 Å². The van der Waals surface area contributed by atoms with E-state index in [2.05, 4.69) is 28.1 Å². The molecule has 0 aliphatic rings. The van der Waals surface area contributed by atoms with Crippen molar-refractivity contribution in [2.45, 2.75) is 25.9 Å². The van der Waals surface area contributed by atoms with Gasteiger partial charge >= 0.3 is 0 Å². The van der Waals surface area contributed by atoms with E-state index < -0.39 is 0 Å². The molecule has 4 heteroatoms. The summed E-state index contributed by atoms with van der Waals surface area (Å²) in [5, 5.41) is 6.28. The van der Waals surface area contributed by atoms with Crippen LogP contribution in [0.3, 0.4) is 0 Å². The number of terminal acetylenes is 1. The average molecular weight is 257 g/mol. The minimum Gasteiger partial charge on any atom is -0.298 e. The minimum absolute atomic E-state index is 0.116. The van der Waals surface area contributed by atoms with E-state index >= 15 is 0 Å². The van der Waals surface area contributed by atoms with Crippen molar-refractivity contribution in [2.24, 2.45) is 0 Å². The van der Waals surface area contributed by atoms with E-state index in [0.29, 0.717) is 6.54 Å². The van der Waals surface area contributed by atoms with Crippen LogP contribution in [0, 0.1) is 12.3 Å². The van der Waals surface area contributed by atoms with Crippen LogP contribution in [0.1, 0.15) is 19.0 Å². The van der Waals surface area contributed by atoms with Gasteiger partial charge in [0.1, 0.15) is 5.01 Å². The Kier molecular flexibility index (Phi) is 4.46. The summed E-state index contributed by atoms with van der Waals surface area (Å²) >= 11 is 1.60. The zero-order valence-corrected chi connectivity index (χ0v) is 11.1. The van der Waals surface area contributed by atoms with Gasteiger partial charge in [-0.25, -0.2) is 4.98 Å². The highest BCUT2D eigenvalue weighted by molar-refractivity contribution is 7.13. The normalized spacial score (nSPS) is 12.0. The number of nitrogens with one attached hydrogen (secondary N) is 1. The standard InChI is InChI=1S/C14H15N3S/c1-3-11(4-2)16-9-12-10-18-14(17-12)13-7-5-6-8-15-13/h1,5-8,10-11,16H,4,9H2,2H3. The van der Waals surface area contributed by atoms with Crippen molar-refractivity contribution >= 4 is 11.3 Å². The Balaban J connectivity index is 2.01. The molecule has 0 aliphatic carbocycles. The van der Waals surface area contributed by atoms with Crippen LogP contribution in [0.4, 0.5) is 0 Å². The second-order valence-corrected chi connectivity index (χ2v) is 4.73. The van der Waals surface area contributed by atoms with E-state index in [1.54, 1.807) is 17.5 Å². The molecule has 92 valence electrons. The van der Waals surface area contributed by atoms with E-state index in [1.807, 2.05) is 23.6 Å². The SMILES string of the molecule is C#CC(CC)NCc1csc(-c2ccccn2)n1. The summed E-state index contributed by atoms with van der Waals surface area (Å²) < 4.78 is 0. The Morgan fingerprint density at radius 1 is 1.50 bits per heavy atom. The molecule has 0 saturated heterocycles. The van der Waals surface area contributed by atoms with Gasteiger partial charge in [-0.15, -0.1) is 17.8 Å². The molecule has 0 bridgehead atoms. The average Bonchev–Trinajstić information content (AvgIpc) is 2.90. The molecule has 1 unspecified atom stereocenters. The van der Waals surface area contributed by atoms with Gasteiger partial charge in [-0.05, 0) is 18.6 Å². The van der Waals surface area contributed by atoms with E-state index in [4.69, 9.17) is 6.42 Å². The molecule has 0 aromatic carbocycles. The van der Waals surface area contributed by atoms with Crippen LogP contribution in [-0.2, 0) is 6.54 Å². The Labute approximate surface area is 111 Å². The number of nitrogens with zero attached hydrogens (tertiary/aromatic N) is 2. The Hall–Kier alpha value is -1.70. The van der Waals surface area contributed by atoms with Crippen LogP contribution in [0.25, 0.3) is 10.7 Å². The fourth-order valence-electron chi connectivity index (χ4n) is 1.54. The minimum atomic E-state index is 0.116. The zero-order valence-electron chi connectivity index (χ0n) is 10.3. The molecule has 1 atom stereocenters. The second kappa shape index (κ2) is 6.29. The Morgan fingerprint density at radius 2 is 2.39 bits per heavy atom. The predicted molar refractivity (Wildman–Crippen MR) is 75.1 cm³/mol. The fourth-order valence-corrected chi connectivity index (χ4v) is 2.34. The molecular formula is C14H15N3S. The van der Waals surface area contributed by atoms with E-state index in [0.717, 1.165) is 22.8 Å². The molecule has 2 aromatic heterocycles. The van der Waals surface area contributed by atoms with Crippen molar-refractivity contribution in [1.82, 2.24) is 15.3 Å². The summed E-state index contributed by atoms with van der Waals surface area (Å²) in [5.41, 5.74) is 1.92. The summed E-state index contributed by atoms with van der Waals surface area (Å²) in [6.07, 6.45) is 8.11. The third-order valence-electron chi connectivity index (χ3n) is 2.57. The number of pyridine rings is 1. The largest absolute Gasteiger partial charge is 0.298 e. The molecule has 0 saturated carbocycles. The molecule has 3 nitrogen and oxygen atoms in total. The van der Waals surface area contributed by atoms with Crippen LogP contribution in [-0.4, -0.2) is 16.0 Å². The molecule has 0 aliphatic heterocycles. The summed E-state index contributed by atoms with van der Waals surface area (Å²) in [5.74, 6) is 2.71. The van der Waals surface area contributed by atoms with Crippen LogP contribution < -0.4 is 5.32 Å². The molecule has 0 fully saturated rings. The highest BCUT2D eigenvalue weighted by atomic mass is 32.1. The Bertz CT molecular complexity index is 527. The molecule has 0 amide bonds. The molecular weight excluding hydrogens is 242 g/mol. The van der Waals surface area contributed by atoms with Crippen molar-refractivity contribution < 1.29 is 0 Å². The number of hydrogen-bond acceptors (Lipinski definition) is 4.